The minimum Gasteiger partial charge on any atom is -0.467 e. The number of methoxy groups -OCH3 is 1. The van der Waals surface area contributed by atoms with Gasteiger partial charge in [-0.3, -0.25) is 0 Å². The SMILES string of the molecule is CCCCCCCCC[C@H](O)C[C@@H](O)[C@H](O)C(=O)OC. The minimum absolute atomic E-state index is 0.00784. The Morgan fingerprint density at radius 3 is 2.10 bits per heavy atom. The number of carbonyl (C=O) groups is 1. The van der Waals surface area contributed by atoms with Gasteiger partial charge in [-0.25, -0.2) is 4.79 Å². The van der Waals surface area contributed by atoms with Crippen LogP contribution in [0.25, 0.3) is 0 Å². The third-order valence-corrected chi connectivity index (χ3v) is 3.46. The molecule has 0 saturated carbocycles. The van der Waals surface area contributed by atoms with Crippen LogP contribution in [0.4, 0.5) is 0 Å². The molecule has 0 rings (SSSR count). The molecular formula is C15H30O5. The van der Waals surface area contributed by atoms with Gasteiger partial charge < -0.3 is 20.1 Å². The highest BCUT2D eigenvalue weighted by molar-refractivity contribution is 5.74. The van der Waals surface area contributed by atoms with E-state index in [1.165, 1.54) is 32.1 Å². The second-order valence-corrected chi connectivity index (χ2v) is 5.33. The van der Waals surface area contributed by atoms with Gasteiger partial charge in [-0.15, -0.1) is 0 Å². The monoisotopic (exact) mass is 290 g/mol. The molecule has 0 unspecified atom stereocenters. The van der Waals surface area contributed by atoms with Gasteiger partial charge in [0.05, 0.1) is 19.3 Å². The van der Waals surface area contributed by atoms with E-state index in [4.69, 9.17) is 0 Å². The Morgan fingerprint density at radius 2 is 1.55 bits per heavy atom. The number of aliphatic hydroxyl groups is 3. The van der Waals surface area contributed by atoms with Gasteiger partial charge in [0.1, 0.15) is 0 Å². The van der Waals surface area contributed by atoms with E-state index in [1.807, 2.05) is 0 Å². The van der Waals surface area contributed by atoms with Gasteiger partial charge in [-0.2, -0.15) is 0 Å². The Hall–Kier alpha value is -0.650. The standard InChI is InChI=1S/C15H30O5/c1-3-4-5-6-7-8-9-10-12(16)11-13(17)14(18)15(19)20-2/h12-14,16-18H,3-11H2,1-2H3/t12-,13+,14-/m0/s1. The zero-order chi connectivity index (χ0) is 15.4. The van der Waals surface area contributed by atoms with Crippen molar-refractivity contribution < 1.29 is 24.9 Å². The molecule has 5 nitrogen and oxygen atoms in total. The molecule has 0 aromatic heterocycles. The Kier molecular flexibility index (Phi) is 11.7. The van der Waals surface area contributed by atoms with E-state index in [9.17, 15) is 20.1 Å². The second-order valence-electron chi connectivity index (χ2n) is 5.33. The molecule has 0 fully saturated rings. The van der Waals surface area contributed by atoms with Crippen LogP contribution in [0.3, 0.4) is 0 Å². The largest absolute Gasteiger partial charge is 0.467 e. The van der Waals surface area contributed by atoms with Crippen molar-refractivity contribution >= 4 is 5.97 Å². The van der Waals surface area contributed by atoms with Gasteiger partial charge in [-0.05, 0) is 6.42 Å². The summed E-state index contributed by atoms with van der Waals surface area (Å²) in [5.41, 5.74) is 0. The van der Waals surface area contributed by atoms with Crippen molar-refractivity contribution in [2.45, 2.75) is 83.0 Å². The molecule has 0 aromatic carbocycles. The fraction of sp³-hybridized carbons (Fsp3) is 0.933. The summed E-state index contributed by atoms with van der Waals surface area (Å²) in [6.07, 6.45) is 5.16. The zero-order valence-electron chi connectivity index (χ0n) is 12.8. The molecule has 5 heteroatoms. The van der Waals surface area contributed by atoms with E-state index < -0.39 is 24.3 Å². The third-order valence-electron chi connectivity index (χ3n) is 3.46. The van der Waals surface area contributed by atoms with Crippen LogP contribution < -0.4 is 0 Å². The molecule has 3 atom stereocenters. The van der Waals surface area contributed by atoms with Gasteiger partial charge >= 0.3 is 5.97 Å². The number of rotatable bonds is 12. The summed E-state index contributed by atoms with van der Waals surface area (Å²) < 4.78 is 4.33. The predicted molar refractivity (Wildman–Crippen MR) is 77.3 cm³/mol. The van der Waals surface area contributed by atoms with Crippen molar-refractivity contribution in [3.8, 4) is 0 Å². The summed E-state index contributed by atoms with van der Waals surface area (Å²) in [5, 5.41) is 28.7. The maximum atomic E-state index is 11.0. The van der Waals surface area contributed by atoms with E-state index in [0.717, 1.165) is 20.0 Å². The summed E-state index contributed by atoms with van der Waals surface area (Å²) in [7, 11) is 1.15. The molecule has 0 radical (unpaired) electrons. The van der Waals surface area contributed by atoms with Crippen molar-refractivity contribution in [1.29, 1.82) is 0 Å². The van der Waals surface area contributed by atoms with Crippen LogP contribution >= 0.6 is 0 Å². The molecule has 0 aliphatic carbocycles. The van der Waals surface area contributed by atoms with Gasteiger partial charge in [0.25, 0.3) is 0 Å². The quantitative estimate of drug-likeness (QED) is 0.377. The van der Waals surface area contributed by atoms with Gasteiger partial charge in [0.2, 0.25) is 0 Å². The van der Waals surface area contributed by atoms with Crippen LogP contribution in [-0.4, -0.2) is 46.7 Å². The van der Waals surface area contributed by atoms with Crippen LogP contribution in [0.15, 0.2) is 0 Å². The molecule has 0 heterocycles. The molecular weight excluding hydrogens is 260 g/mol. The van der Waals surface area contributed by atoms with Crippen LogP contribution in [0.1, 0.15) is 64.7 Å². The first-order chi connectivity index (χ1) is 9.52. The summed E-state index contributed by atoms with van der Waals surface area (Å²) in [4.78, 5) is 11.0. The first kappa shape index (κ1) is 19.4. The fourth-order valence-electron chi connectivity index (χ4n) is 2.14. The normalized spacial score (nSPS) is 15.7. The van der Waals surface area contributed by atoms with Gasteiger partial charge in [0, 0.05) is 6.42 Å². The molecule has 0 aliphatic rings. The number of unbranched alkanes of at least 4 members (excludes halogenated alkanes) is 6. The average Bonchev–Trinajstić information content (AvgIpc) is 2.44. The summed E-state index contributed by atoms with van der Waals surface area (Å²) in [6.45, 7) is 2.18. The maximum absolute atomic E-state index is 11.0. The van der Waals surface area contributed by atoms with Crippen LogP contribution in [0.2, 0.25) is 0 Å². The average molecular weight is 290 g/mol. The predicted octanol–water partition coefficient (Wildman–Crippen LogP) is 1.77. The maximum Gasteiger partial charge on any atom is 0.337 e. The smallest absolute Gasteiger partial charge is 0.337 e. The van der Waals surface area contributed by atoms with E-state index in [-0.39, 0.29) is 6.42 Å². The lowest BCUT2D eigenvalue weighted by atomic mass is 10.0. The molecule has 0 saturated heterocycles. The molecule has 20 heavy (non-hydrogen) atoms. The summed E-state index contributed by atoms with van der Waals surface area (Å²) >= 11 is 0. The topological polar surface area (TPSA) is 87.0 Å². The van der Waals surface area contributed by atoms with Crippen molar-refractivity contribution in [3.05, 3.63) is 0 Å². The van der Waals surface area contributed by atoms with Crippen molar-refractivity contribution in [2.24, 2.45) is 0 Å². The van der Waals surface area contributed by atoms with E-state index >= 15 is 0 Å². The number of carbonyl (C=O) groups excluding carboxylic acids is 1. The number of aliphatic hydroxyl groups excluding tert-OH is 3. The Balaban J connectivity index is 3.62. The highest BCUT2D eigenvalue weighted by atomic mass is 16.5. The molecule has 120 valence electrons. The lowest BCUT2D eigenvalue weighted by Gasteiger charge is -2.18. The van der Waals surface area contributed by atoms with E-state index in [2.05, 4.69) is 11.7 Å². The van der Waals surface area contributed by atoms with Crippen LogP contribution in [0, 0.1) is 0 Å². The highest BCUT2D eigenvalue weighted by Crippen LogP contribution is 2.13. The zero-order valence-corrected chi connectivity index (χ0v) is 12.8. The van der Waals surface area contributed by atoms with Gasteiger partial charge in [0.15, 0.2) is 6.10 Å². The van der Waals surface area contributed by atoms with Gasteiger partial charge in [-0.1, -0.05) is 51.9 Å². The van der Waals surface area contributed by atoms with Crippen molar-refractivity contribution in [2.75, 3.05) is 7.11 Å². The van der Waals surface area contributed by atoms with E-state index in [1.54, 1.807) is 0 Å². The number of esters is 1. The Bertz CT molecular complexity index is 244. The first-order valence-electron chi connectivity index (χ1n) is 7.64. The molecule has 0 aromatic rings. The fourth-order valence-corrected chi connectivity index (χ4v) is 2.14. The second kappa shape index (κ2) is 12.1. The number of ether oxygens (including phenoxy) is 1. The number of hydrogen-bond donors (Lipinski definition) is 3. The summed E-state index contributed by atoms with van der Waals surface area (Å²) in [5.74, 6) is -0.874. The minimum atomic E-state index is -1.58. The Labute approximate surface area is 122 Å². The van der Waals surface area contributed by atoms with E-state index in [0.29, 0.717) is 6.42 Å². The first-order valence-corrected chi connectivity index (χ1v) is 7.64. The molecule has 3 N–H and O–H groups in total. The highest BCUT2D eigenvalue weighted by Gasteiger charge is 2.26. The molecule has 0 bridgehead atoms. The molecule has 0 aliphatic heterocycles. The van der Waals surface area contributed by atoms with Crippen molar-refractivity contribution in [1.82, 2.24) is 0 Å². The number of hydrogen-bond acceptors (Lipinski definition) is 5. The summed E-state index contributed by atoms with van der Waals surface area (Å²) in [6, 6.07) is 0. The van der Waals surface area contributed by atoms with Crippen molar-refractivity contribution in [3.63, 3.8) is 0 Å². The molecule has 0 spiro atoms. The molecule has 0 amide bonds. The lowest BCUT2D eigenvalue weighted by molar-refractivity contribution is -0.157. The van der Waals surface area contributed by atoms with Crippen LogP contribution in [-0.2, 0) is 9.53 Å². The lowest BCUT2D eigenvalue weighted by Crippen LogP contribution is -2.37. The third kappa shape index (κ3) is 9.28. The Morgan fingerprint density at radius 1 is 1.00 bits per heavy atom. The van der Waals surface area contributed by atoms with Crippen LogP contribution in [0.5, 0.6) is 0 Å².